The summed E-state index contributed by atoms with van der Waals surface area (Å²) in [6, 6.07) is 7.30. The van der Waals surface area contributed by atoms with Crippen molar-refractivity contribution in [2.45, 2.75) is 58.2 Å². The Kier molecular flexibility index (Phi) is 5.15. The number of likely N-dealkylation sites (tertiary alicyclic amines) is 1. The molecule has 1 fully saturated rings. The fourth-order valence-corrected chi connectivity index (χ4v) is 3.71. The quantitative estimate of drug-likeness (QED) is 0.704. The van der Waals surface area contributed by atoms with Gasteiger partial charge < -0.3 is 14.5 Å². The molecule has 1 amide bonds. The number of carbonyl (C=O) groups is 1. The first-order valence-corrected chi connectivity index (χ1v) is 10.1. The van der Waals surface area contributed by atoms with Gasteiger partial charge in [0.25, 0.3) is 11.8 Å². The smallest absolute Gasteiger partial charge is 0.258 e. The van der Waals surface area contributed by atoms with Crippen molar-refractivity contribution in [3.8, 4) is 11.5 Å². The standard InChI is InChI=1S/C21H26N6O3/c1-13-9-10-15(27-22-11-18(24-27)21(3,4)29)12-26(13)20(28)17-8-6-5-7-16(17)19-23-14(2)25-30-19/h5-8,11,13,15,29H,9-10,12H2,1-4H3/t13-,15-/m1/s1. The number of amides is 1. The summed E-state index contributed by atoms with van der Waals surface area (Å²) < 4.78 is 5.30. The van der Waals surface area contributed by atoms with Crippen molar-refractivity contribution in [2.24, 2.45) is 0 Å². The maximum Gasteiger partial charge on any atom is 0.258 e. The van der Waals surface area contributed by atoms with E-state index < -0.39 is 5.60 Å². The highest BCUT2D eigenvalue weighted by molar-refractivity contribution is 6.00. The summed E-state index contributed by atoms with van der Waals surface area (Å²) >= 11 is 0. The first kappa shape index (κ1) is 20.2. The van der Waals surface area contributed by atoms with Gasteiger partial charge in [-0.3, -0.25) is 4.79 Å². The van der Waals surface area contributed by atoms with E-state index in [1.165, 1.54) is 0 Å². The molecule has 1 N–H and O–H groups in total. The minimum absolute atomic E-state index is 0.0564. The molecule has 1 aromatic carbocycles. The van der Waals surface area contributed by atoms with Gasteiger partial charge in [0.15, 0.2) is 5.82 Å². The number of hydrogen-bond donors (Lipinski definition) is 1. The van der Waals surface area contributed by atoms with Crippen LogP contribution in [0.2, 0.25) is 0 Å². The van der Waals surface area contributed by atoms with E-state index in [0.717, 1.165) is 12.8 Å². The average Bonchev–Trinajstić information content (AvgIpc) is 3.37. The third-order valence-electron chi connectivity index (χ3n) is 5.50. The van der Waals surface area contributed by atoms with E-state index in [2.05, 4.69) is 20.3 Å². The molecule has 2 atom stereocenters. The predicted molar refractivity (Wildman–Crippen MR) is 109 cm³/mol. The van der Waals surface area contributed by atoms with Gasteiger partial charge in [-0.25, -0.2) is 0 Å². The van der Waals surface area contributed by atoms with Gasteiger partial charge in [-0.05, 0) is 52.7 Å². The van der Waals surface area contributed by atoms with Crippen LogP contribution in [0.15, 0.2) is 35.0 Å². The molecule has 1 aliphatic rings. The zero-order chi connectivity index (χ0) is 21.5. The first-order valence-electron chi connectivity index (χ1n) is 10.1. The molecule has 1 aliphatic heterocycles. The number of benzene rings is 1. The van der Waals surface area contributed by atoms with Crippen molar-refractivity contribution in [1.82, 2.24) is 30.0 Å². The average molecular weight is 410 g/mol. The SMILES string of the molecule is Cc1noc(-c2ccccc2C(=O)N2C[C@H](n3ncc(C(C)(C)O)n3)CC[C@H]2C)n1. The highest BCUT2D eigenvalue weighted by Gasteiger charge is 2.33. The Bertz CT molecular complexity index is 1050. The molecule has 158 valence electrons. The van der Waals surface area contributed by atoms with Gasteiger partial charge in [-0.2, -0.15) is 20.0 Å². The summed E-state index contributed by atoms with van der Waals surface area (Å²) in [6.07, 6.45) is 3.27. The van der Waals surface area contributed by atoms with Gasteiger partial charge in [-0.15, -0.1) is 0 Å². The topological polar surface area (TPSA) is 110 Å². The highest BCUT2D eigenvalue weighted by atomic mass is 16.5. The van der Waals surface area contributed by atoms with Crippen LogP contribution in [0.5, 0.6) is 0 Å². The van der Waals surface area contributed by atoms with Crippen molar-refractivity contribution in [3.63, 3.8) is 0 Å². The Hall–Kier alpha value is -3.07. The van der Waals surface area contributed by atoms with Crippen LogP contribution < -0.4 is 0 Å². The molecule has 0 saturated carbocycles. The van der Waals surface area contributed by atoms with Crippen LogP contribution in [0.25, 0.3) is 11.5 Å². The summed E-state index contributed by atoms with van der Waals surface area (Å²) in [7, 11) is 0. The lowest BCUT2D eigenvalue weighted by Gasteiger charge is -2.37. The molecular formula is C21H26N6O3. The second kappa shape index (κ2) is 7.64. The molecule has 3 aromatic rings. The normalized spacial score (nSPS) is 19.8. The third kappa shape index (κ3) is 3.85. The van der Waals surface area contributed by atoms with Gasteiger partial charge in [0, 0.05) is 12.6 Å². The number of aromatic nitrogens is 5. The van der Waals surface area contributed by atoms with Crippen molar-refractivity contribution in [1.29, 1.82) is 0 Å². The van der Waals surface area contributed by atoms with Gasteiger partial charge in [0.2, 0.25) is 0 Å². The molecule has 9 nitrogen and oxygen atoms in total. The van der Waals surface area contributed by atoms with E-state index >= 15 is 0 Å². The Morgan fingerprint density at radius 3 is 2.70 bits per heavy atom. The fraction of sp³-hybridized carbons (Fsp3) is 0.476. The second-order valence-corrected chi connectivity index (χ2v) is 8.34. The van der Waals surface area contributed by atoms with Gasteiger partial charge in [0.1, 0.15) is 11.3 Å². The Balaban J connectivity index is 1.60. The van der Waals surface area contributed by atoms with E-state index in [9.17, 15) is 9.90 Å². The van der Waals surface area contributed by atoms with Gasteiger partial charge in [-0.1, -0.05) is 17.3 Å². The van der Waals surface area contributed by atoms with Crippen LogP contribution in [0.1, 0.15) is 61.5 Å². The lowest BCUT2D eigenvalue weighted by molar-refractivity contribution is 0.0534. The summed E-state index contributed by atoms with van der Waals surface area (Å²) in [6.45, 7) is 7.63. The highest BCUT2D eigenvalue weighted by Crippen LogP contribution is 2.30. The van der Waals surface area contributed by atoms with E-state index in [4.69, 9.17) is 4.52 Å². The molecule has 0 spiro atoms. The molecule has 9 heteroatoms. The molecule has 0 bridgehead atoms. The molecule has 1 saturated heterocycles. The van der Waals surface area contributed by atoms with Crippen LogP contribution in [-0.2, 0) is 5.60 Å². The van der Waals surface area contributed by atoms with Crippen LogP contribution in [0.4, 0.5) is 0 Å². The van der Waals surface area contributed by atoms with Crippen molar-refractivity contribution >= 4 is 5.91 Å². The van der Waals surface area contributed by atoms with E-state index in [0.29, 0.717) is 35.1 Å². The number of nitrogens with zero attached hydrogens (tertiary/aromatic N) is 6. The number of aryl methyl sites for hydroxylation is 1. The Labute approximate surface area is 174 Å². The molecule has 4 rings (SSSR count). The maximum atomic E-state index is 13.5. The summed E-state index contributed by atoms with van der Waals surface area (Å²) in [5.41, 5.74) is 0.603. The van der Waals surface area contributed by atoms with E-state index in [-0.39, 0.29) is 18.0 Å². The van der Waals surface area contributed by atoms with Gasteiger partial charge in [0.05, 0.1) is 23.4 Å². The molecular weight excluding hydrogens is 384 g/mol. The molecule has 0 unspecified atom stereocenters. The largest absolute Gasteiger partial charge is 0.384 e. The Morgan fingerprint density at radius 2 is 2.03 bits per heavy atom. The lowest BCUT2D eigenvalue weighted by Crippen LogP contribution is -2.46. The number of aliphatic hydroxyl groups is 1. The number of piperidine rings is 1. The molecule has 30 heavy (non-hydrogen) atoms. The summed E-state index contributed by atoms with van der Waals surface area (Å²) in [5.74, 6) is 0.765. The number of rotatable bonds is 4. The number of carbonyl (C=O) groups excluding carboxylic acids is 1. The van der Waals surface area contributed by atoms with Crippen molar-refractivity contribution in [3.05, 3.63) is 47.5 Å². The van der Waals surface area contributed by atoms with Crippen molar-refractivity contribution in [2.75, 3.05) is 6.54 Å². The van der Waals surface area contributed by atoms with Crippen LogP contribution >= 0.6 is 0 Å². The molecule has 0 aliphatic carbocycles. The maximum absolute atomic E-state index is 13.5. The minimum atomic E-state index is -1.06. The van der Waals surface area contributed by atoms with Crippen LogP contribution in [0.3, 0.4) is 0 Å². The monoisotopic (exact) mass is 410 g/mol. The van der Waals surface area contributed by atoms with E-state index in [1.54, 1.807) is 37.8 Å². The Morgan fingerprint density at radius 1 is 1.27 bits per heavy atom. The van der Waals surface area contributed by atoms with Crippen molar-refractivity contribution < 1.29 is 14.4 Å². The zero-order valence-corrected chi connectivity index (χ0v) is 17.6. The van der Waals surface area contributed by atoms with Gasteiger partial charge >= 0.3 is 0 Å². The summed E-state index contributed by atoms with van der Waals surface area (Å²) in [4.78, 5) is 21.2. The molecule has 3 heterocycles. The van der Waals surface area contributed by atoms with E-state index in [1.807, 2.05) is 30.0 Å². The first-order chi connectivity index (χ1) is 14.2. The lowest BCUT2D eigenvalue weighted by atomic mass is 9.97. The third-order valence-corrected chi connectivity index (χ3v) is 5.50. The molecule has 0 radical (unpaired) electrons. The molecule has 2 aromatic heterocycles. The summed E-state index contributed by atoms with van der Waals surface area (Å²) in [5, 5.41) is 22.8. The van der Waals surface area contributed by atoms with Crippen LogP contribution in [0, 0.1) is 6.92 Å². The zero-order valence-electron chi connectivity index (χ0n) is 17.6. The second-order valence-electron chi connectivity index (χ2n) is 8.34. The minimum Gasteiger partial charge on any atom is -0.384 e. The fourth-order valence-electron chi connectivity index (χ4n) is 3.71. The predicted octanol–water partition coefficient (Wildman–Crippen LogP) is 2.73. The van der Waals surface area contributed by atoms with Crippen LogP contribution in [-0.4, -0.2) is 53.6 Å². The number of hydrogen-bond acceptors (Lipinski definition) is 7.